The summed E-state index contributed by atoms with van der Waals surface area (Å²) in [4.78, 5) is 2.11. The zero-order chi connectivity index (χ0) is 17.0. The van der Waals surface area contributed by atoms with Gasteiger partial charge in [-0.15, -0.1) is 0 Å². The second-order valence-corrected chi connectivity index (χ2v) is 6.21. The van der Waals surface area contributed by atoms with Crippen LogP contribution in [0.2, 0.25) is 0 Å². The average molecular weight is 317 g/mol. The number of hydrogen-bond donors (Lipinski definition) is 1. The van der Waals surface area contributed by atoms with Gasteiger partial charge in [0.2, 0.25) is 0 Å². The van der Waals surface area contributed by atoms with Crippen LogP contribution in [-0.2, 0) is 5.54 Å². The van der Waals surface area contributed by atoms with E-state index in [0.29, 0.717) is 0 Å². The van der Waals surface area contributed by atoms with Crippen LogP contribution in [0.1, 0.15) is 22.8 Å². The molecule has 1 atom stereocenters. The van der Waals surface area contributed by atoms with Gasteiger partial charge in [0.25, 0.3) is 0 Å². The van der Waals surface area contributed by atoms with Gasteiger partial charge in [-0.05, 0) is 30.8 Å². The zero-order valence-corrected chi connectivity index (χ0v) is 14.1. The Morgan fingerprint density at radius 3 is 1.42 bits per heavy atom. The Bertz CT molecular complexity index is 714. The molecule has 24 heavy (non-hydrogen) atoms. The fraction of sp³-hybridized carbons (Fsp3) is 0.182. The summed E-state index contributed by atoms with van der Waals surface area (Å²) in [6.45, 7) is 0. The Kier molecular flexibility index (Phi) is 4.79. The molecule has 0 saturated carbocycles. The van der Waals surface area contributed by atoms with Gasteiger partial charge in [0.05, 0.1) is 0 Å². The lowest BCUT2D eigenvalue weighted by molar-refractivity contribution is 0.0158. The number of nitrogens with zero attached hydrogens (tertiary/aromatic N) is 1. The van der Waals surface area contributed by atoms with E-state index in [1.165, 1.54) is 0 Å². The van der Waals surface area contributed by atoms with Crippen LogP contribution in [0.4, 0.5) is 0 Å². The highest BCUT2D eigenvalue weighted by Crippen LogP contribution is 2.44. The molecule has 0 aliphatic carbocycles. The average Bonchev–Trinajstić information content (AvgIpc) is 2.64. The lowest BCUT2D eigenvalue weighted by Gasteiger charge is -2.45. The molecule has 1 N–H and O–H groups in total. The third-order valence-corrected chi connectivity index (χ3v) is 4.64. The van der Waals surface area contributed by atoms with E-state index in [0.717, 1.165) is 16.7 Å². The third-order valence-electron chi connectivity index (χ3n) is 4.64. The fourth-order valence-corrected chi connectivity index (χ4v) is 3.50. The van der Waals surface area contributed by atoms with Crippen LogP contribution in [0, 0.1) is 0 Å². The first-order valence-corrected chi connectivity index (χ1v) is 8.19. The molecule has 3 aromatic rings. The van der Waals surface area contributed by atoms with Gasteiger partial charge in [-0.25, -0.2) is 0 Å². The molecule has 0 saturated heterocycles. The van der Waals surface area contributed by atoms with Crippen LogP contribution in [0.15, 0.2) is 91.0 Å². The van der Waals surface area contributed by atoms with Crippen molar-refractivity contribution in [2.24, 2.45) is 0 Å². The van der Waals surface area contributed by atoms with E-state index < -0.39 is 11.6 Å². The smallest absolute Gasteiger partial charge is 0.106 e. The highest BCUT2D eigenvalue weighted by atomic mass is 16.3. The molecule has 3 rings (SSSR count). The summed E-state index contributed by atoms with van der Waals surface area (Å²) in [7, 11) is 4.04. The summed E-state index contributed by atoms with van der Waals surface area (Å²) < 4.78 is 0. The maximum Gasteiger partial charge on any atom is 0.106 e. The van der Waals surface area contributed by atoms with Crippen molar-refractivity contribution < 1.29 is 5.11 Å². The molecular weight excluding hydrogens is 294 g/mol. The van der Waals surface area contributed by atoms with Crippen LogP contribution in [-0.4, -0.2) is 24.1 Å². The van der Waals surface area contributed by atoms with Gasteiger partial charge < -0.3 is 5.11 Å². The van der Waals surface area contributed by atoms with E-state index in [4.69, 9.17) is 0 Å². The Hall–Kier alpha value is -2.42. The maximum atomic E-state index is 11.5. The van der Waals surface area contributed by atoms with Crippen molar-refractivity contribution in [3.8, 4) is 0 Å². The van der Waals surface area contributed by atoms with Gasteiger partial charge in [0.1, 0.15) is 11.6 Å². The predicted octanol–water partition coefficient (Wildman–Crippen LogP) is 4.23. The number of likely N-dealkylation sites (N-methyl/N-ethyl adjacent to an activating group) is 1. The van der Waals surface area contributed by atoms with E-state index in [2.05, 4.69) is 29.2 Å². The lowest BCUT2D eigenvalue weighted by Crippen LogP contribution is -2.47. The highest BCUT2D eigenvalue weighted by molar-refractivity contribution is 5.42. The van der Waals surface area contributed by atoms with Crippen LogP contribution in [0.5, 0.6) is 0 Å². The van der Waals surface area contributed by atoms with Crippen LogP contribution in [0.3, 0.4) is 0 Å². The second kappa shape index (κ2) is 7.00. The highest BCUT2D eigenvalue weighted by Gasteiger charge is 2.44. The minimum atomic E-state index is -0.696. The first-order valence-electron chi connectivity index (χ1n) is 8.19. The molecule has 0 radical (unpaired) electrons. The SMILES string of the molecule is CN(C)C(c1ccccc1)(c1ccccc1)[C@@H](O)c1ccccc1. The van der Waals surface area contributed by atoms with Gasteiger partial charge in [-0.1, -0.05) is 91.0 Å². The summed E-state index contributed by atoms with van der Waals surface area (Å²) in [5, 5.41) is 11.5. The number of benzene rings is 3. The molecule has 2 nitrogen and oxygen atoms in total. The Labute approximate surface area is 144 Å². The largest absolute Gasteiger partial charge is 0.386 e. The van der Waals surface area contributed by atoms with Crippen molar-refractivity contribution >= 4 is 0 Å². The number of rotatable bonds is 5. The molecule has 0 unspecified atom stereocenters. The van der Waals surface area contributed by atoms with E-state index >= 15 is 0 Å². The third kappa shape index (κ3) is 2.75. The molecule has 122 valence electrons. The molecule has 0 amide bonds. The lowest BCUT2D eigenvalue weighted by atomic mass is 9.75. The van der Waals surface area contributed by atoms with Crippen molar-refractivity contribution in [2.45, 2.75) is 11.6 Å². The molecule has 0 heterocycles. The molecule has 3 aromatic carbocycles. The first kappa shape index (κ1) is 16.4. The van der Waals surface area contributed by atoms with Crippen molar-refractivity contribution in [2.75, 3.05) is 14.1 Å². The van der Waals surface area contributed by atoms with Crippen LogP contribution >= 0.6 is 0 Å². The van der Waals surface area contributed by atoms with Crippen molar-refractivity contribution in [3.05, 3.63) is 108 Å². The monoisotopic (exact) mass is 317 g/mol. The van der Waals surface area contributed by atoms with Crippen LogP contribution < -0.4 is 0 Å². The van der Waals surface area contributed by atoms with Gasteiger partial charge in [0, 0.05) is 0 Å². The summed E-state index contributed by atoms with van der Waals surface area (Å²) in [5.41, 5.74) is 2.37. The quantitative estimate of drug-likeness (QED) is 0.761. The summed E-state index contributed by atoms with van der Waals surface area (Å²) in [5.74, 6) is 0. The Balaban J connectivity index is 2.27. The van der Waals surface area contributed by atoms with Crippen molar-refractivity contribution in [1.29, 1.82) is 0 Å². The number of hydrogen-bond acceptors (Lipinski definition) is 2. The van der Waals surface area contributed by atoms with Crippen molar-refractivity contribution in [1.82, 2.24) is 4.90 Å². The molecule has 0 aromatic heterocycles. The molecule has 0 bridgehead atoms. The van der Waals surface area contributed by atoms with Gasteiger partial charge in [-0.2, -0.15) is 0 Å². The summed E-state index contributed by atoms with van der Waals surface area (Å²) in [6, 6.07) is 30.3. The fourth-order valence-electron chi connectivity index (χ4n) is 3.50. The zero-order valence-electron chi connectivity index (χ0n) is 14.1. The van der Waals surface area contributed by atoms with Gasteiger partial charge in [-0.3, -0.25) is 4.90 Å². The second-order valence-electron chi connectivity index (χ2n) is 6.21. The summed E-state index contributed by atoms with van der Waals surface area (Å²) in [6.07, 6.45) is -0.696. The van der Waals surface area contributed by atoms with E-state index in [9.17, 15) is 5.11 Å². The molecule has 0 aliphatic heterocycles. The normalized spacial score (nSPS) is 13.0. The van der Waals surface area contributed by atoms with Crippen LogP contribution in [0.25, 0.3) is 0 Å². The van der Waals surface area contributed by atoms with Gasteiger partial charge in [0.15, 0.2) is 0 Å². The standard InChI is InChI=1S/C22H23NO/c1-23(2)22(19-14-8-4-9-15-19,20-16-10-5-11-17-20)21(24)18-12-6-3-7-13-18/h3-17,21,24H,1-2H3/t21-/m0/s1. The van der Waals surface area contributed by atoms with E-state index in [1.54, 1.807) is 0 Å². The molecule has 0 fully saturated rings. The molecular formula is C22H23NO. The van der Waals surface area contributed by atoms with E-state index in [-0.39, 0.29) is 0 Å². The minimum Gasteiger partial charge on any atom is -0.386 e. The molecule has 2 heteroatoms. The number of aliphatic hydroxyl groups is 1. The number of aliphatic hydroxyl groups excluding tert-OH is 1. The predicted molar refractivity (Wildman–Crippen MR) is 98.8 cm³/mol. The van der Waals surface area contributed by atoms with E-state index in [1.807, 2.05) is 80.8 Å². The molecule has 0 aliphatic rings. The maximum absolute atomic E-state index is 11.5. The summed E-state index contributed by atoms with van der Waals surface area (Å²) >= 11 is 0. The topological polar surface area (TPSA) is 23.5 Å². The first-order chi connectivity index (χ1) is 11.7. The Morgan fingerprint density at radius 1 is 0.667 bits per heavy atom. The van der Waals surface area contributed by atoms with Gasteiger partial charge >= 0.3 is 0 Å². The molecule has 0 spiro atoms. The minimum absolute atomic E-state index is 0.663. The Morgan fingerprint density at radius 2 is 1.04 bits per heavy atom. The van der Waals surface area contributed by atoms with Crippen molar-refractivity contribution in [3.63, 3.8) is 0 Å².